The van der Waals surface area contributed by atoms with Crippen LogP contribution in [0.15, 0.2) is 59.5 Å². The maximum Gasteiger partial charge on any atom is 0.353 e. The van der Waals surface area contributed by atoms with Gasteiger partial charge in [-0.2, -0.15) is 0 Å². The van der Waals surface area contributed by atoms with Crippen molar-refractivity contribution < 1.29 is 23.9 Å². The number of anilines is 1. The van der Waals surface area contributed by atoms with Crippen molar-refractivity contribution in [1.29, 1.82) is 0 Å². The fourth-order valence-electron chi connectivity index (χ4n) is 3.14. The molecular formula is C24H19ClN2O5S. The lowest BCUT2D eigenvalue weighted by Gasteiger charge is -2.15. The third kappa shape index (κ3) is 4.76. The molecule has 0 spiro atoms. The normalized spacial score (nSPS) is 14.5. The molecule has 1 fully saturated rings. The first-order valence-corrected chi connectivity index (χ1v) is 11.3. The van der Waals surface area contributed by atoms with Crippen LogP contribution in [0.25, 0.3) is 6.08 Å². The second-order valence-corrected chi connectivity index (χ2v) is 8.43. The summed E-state index contributed by atoms with van der Waals surface area (Å²) in [6, 6.07) is 13.3. The fourth-order valence-corrected chi connectivity index (χ4v) is 3.91. The molecule has 0 saturated carbocycles. The van der Waals surface area contributed by atoms with E-state index in [-0.39, 0.29) is 11.3 Å². The highest BCUT2D eigenvalue weighted by Crippen LogP contribution is 2.32. The van der Waals surface area contributed by atoms with Gasteiger partial charge in [-0.15, -0.1) is 11.3 Å². The van der Waals surface area contributed by atoms with E-state index in [1.807, 2.05) is 6.92 Å². The number of carbonyl (C=O) groups excluding carboxylic acids is 3. The first-order chi connectivity index (χ1) is 15.9. The van der Waals surface area contributed by atoms with Gasteiger partial charge in [0.2, 0.25) is 0 Å². The number of rotatable bonds is 6. The van der Waals surface area contributed by atoms with Gasteiger partial charge in [0.05, 0.1) is 12.3 Å². The quantitative estimate of drug-likeness (QED) is 0.236. The van der Waals surface area contributed by atoms with Crippen LogP contribution in [0.2, 0.25) is 5.02 Å². The van der Waals surface area contributed by atoms with Crippen LogP contribution >= 0.6 is 22.9 Å². The summed E-state index contributed by atoms with van der Waals surface area (Å²) in [6.45, 7) is 3.98. The summed E-state index contributed by atoms with van der Waals surface area (Å²) in [5, 5.41) is 3.42. The molecule has 0 radical (unpaired) electrons. The number of amides is 2. The van der Waals surface area contributed by atoms with Crippen LogP contribution in [-0.4, -0.2) is 24.4 Å². The number of nitrogens with zero attached hydrogens (tertiary/aromatic N) is 1. The van der Waals surface area contributed by atoms with Gasteiger partial charge in [0.25, 0.3) is 11.8 Å². The Kier molecular flexibility index (Phi) is 6.48. The molecule has 0 unspecified atom stereocenters. The van der Waals surface area contributed by atoms with Crippen LogP contribution in [0, 0.1) is 6.92 Å². The Bertz CT molecular complexity index is 1270. The molecule has 1 aliphatic heterocycles. The monoisotopic (exact) mass is 482 g/mol. The molecule has 2 heterocycles. The van der Waals surface area contributed by atoms with E-state index < -0.39 is 17.8 Å². The van der Waals surface area contributed by atoms with Gasteiger partial charge < -0.3 is 9.47 Å². The third-order valence-corrected chi connectivity index (χ3v) is 6.07. The third-order valence-electron chi connectivity index (χ3n) is 4.81. The van der Waals surface area contributed by atoms with Crippen LogP contribution in [0.5, 0.6) is 11.5 Å². The molecule has 2 aromatic carbocycles. The maximum atomic E-state index is 12.9. The first kappa shape index (κ1) is 22.6. The minimum atomic E-state index is -0.539. The molecule has 33 heavy (non-hydrogen) atoms. The van der Waals surface area contributed by atoms with Gasteiger partial charge in [-0.3, -0.25) is 15.0 Å². The molecule has 7 nitrogen and oxygen atoms in total. The zero-order chi connectivity index (χ0) is 23.5. The molecule has 3 aromatic rings. The molecule has 4 rings (SSSR count). The van der Waals surface area contributed by atoms with E-state index >= 15 is 0 Å². The van der Waals surface area contributed by atoms with E-state index in [9.17, 15) is 14.4 Å². The summed E-state index contributed by atoms with van der Waals surface area (Å²) >= 11 is 7.43. The second-order valence-electron chi connectivity index (χ2n) is 7.08. The number of hydrazine groups is 1. The lowest BCUT2D eigenvalue weighted by molar-refractivity contribution is -0.117. The second kappa shape index (κ2) is 9.48. The van der Waals surface area contributed by atoms with Crippen molar-refractivity contribution >= 4 is 52.5 Å². The predicted octanol–water partition coefficient (Wildman–Crippen LogP) is 4.79. The molecule has 0 bridgehead atoms. The molecule has 1 N–H and O–H groups in total. The van der Waals surface area contributed by atoms with E-state index in [0.717, 1.165) is 10.6 Å². The lowest BCUT2D eigenvalue weighted by Crippen LogP contribution is -2.35. The SMILES string of the molecule is CCOc1cc(C=C2C(=O)NN(c3ccc(C)c(Cl)c3)C2=O)ccc1OC(=O)c1cccs1. The molecule has 2 amide bonds. The smallest absolute Gasteiger partial charge is 0.353 e. The summed E-state index contributed by atoms with van der Waals surface area (Å²) < 4.78 is 11.1. The van der Waals surface area contributed by atoms with Crippen LogP contribution in [0.4, 0.5) is 5.69 Å². The number of ether oxygens (including phenoxy) is 2. The van der Waals surface area contributed by atoms with Crippen LogP contribution < -0.4 is 19.9 Å². The highest BCUT2D eigenvalue weighted by molar-refractivity contribution is 7.12. The Morgan fingerprint density at radius 1 is 1.15 bits per heavy atom. The molecule has 1 aromatic heterocycles. The Balaban J connectivity index is 1.60. The number of esters is 1. The van der Waals surface area contributed by atoms with Gasteiger partial charge in [0.15, 0.2) is 11.5 Å². The Hall–Kier alpha value is -3.62. The first-order valence-electron chi connectivity index (χ1n) is 10.0. The number of hydrogen-bond donors (Lipinski definition) is 1. The summed E-state index contributed by atoms with van der Waals surface area (Å²) in [4.78, 5) is 38.2. The number of thiophene rings is 1. The Labute approximate surface area is 199 Å². The highest BCUT2D eigenvalue weighted by Gasteiger charge is 2.34. The van der Waals surface area contributed by atoms with Crippen LogP contribution in [0.3, 0.4) is 0 Å². The van der Waals surface area contributed by atoms with E-state index in [1.54, 1.807) is 60.8 Å². The summed E-state index contributed by atoms with van der Waals surface area (Å²) in [7, 11) is 0. The van der Waals surface area contributed by atoms with Gasteiger partial charge in [-0.05, 0) is 66.8 Å². The summed E-state index contributed by atoms with van der Waals surface area (Å²) in [6.07, 6.45) is 1.46. The van der Waals surface area contributed by atoms with Crippen molar-refractivity contribution in [3.8, 4) is 11.5 Å². The molecule has 1 saturated heterocycles. The van der Waals surface area contributed by atoms with Crippen molar-refractivity contribution in [2.75, 3.05) is 11.6 Å². The summed E-state index contributed by atoms with van der Waals surface area (Å²) in [5.41, 5.74) is 4.36. The largest absolute Gasteiger partial charge is 0.490 e. The Morgan fingerprint density at radius 2 is 1.97 bits per heavy atom. The van der Waals surface area contributed by atoms with Crippen molar-refractivity contribution in [2.24, 2.45) is 0 Å². The molecule has 168 valence electrons. The van der Waals surface area contributed by atoms with Gasteiger partial charge in [-0.25, -0.2) is 9.80 Å². The van der Waals surface area contributed by atoms with Crippen molar-refractivity contribution in [3.05, 3.63) is 80.5 Å². The molecule has 1 aliphatic rings. The average Bonchev–Trinajstić information content (AvgIpc) is 3.42. The zero-order valence-electron chi connectivity index (χ0n) is 17.8. The number of benzene rings is 2. The van der Waals surface area contributed by atoms with Crippen molar-refractivity contribution in [3.63, 3.8) is 0 Å². The van der Waals surface area contributed by atoms with Gasteiger partial charge in [0.1, 0.15) is 10.5 Å². The average molecular weight is 483 g/mol. The van der Waals surface area contributed by atoms with Gasteiger partial charge >= 0.3 is 5.97 Å². The number of hydrogen-bond acceptors (Lipinski definition) is 6. The number of carbonyl (C=O) groups is 3. The van der Waals surface area contributed by atoms with Crippen molar-refractivity contribution in [1.82, 2.24) is 5.43 Å². The maximum absolute atomic E-state index is 12.9. The van der Waals surface area contributed by atoms with E-state index in [0.29, 0.717) is 33.5 Å². The molecule has 0 atom stereocenters. The van der Waals surface area contributed by atoms with E-state index in [4.69, 9.17) is 21.1 Å². The minimum Gasteiger partial charge on any atom is -0.490 e. The highest BCUT2D eigenvalue weighted by atomic mass is 35.5. The summed E-state index contributed by atoms with van der Waals surface area (Å²) in [5.74, 6) is -0.968. The fraction of sp³-hybridized carbons (Fsp3) is 0.125. The molecule has 9 heteroatoms. The Morgan fingerprint density at radius 3 is 2.67 bits per heavy atom. The van der Waals surface area contributed by atoms with Gasteiger partial charge in [-0.1, -0.05) is 29.8 Å². The molecule has 0 aliphatic carbocycles. The van der Waals surface area contributed by atoms with E-state index in [1.165, 1.54) is 17.4 Å². The zero-order valence-corrected chi connectivity index (χ0v) is 19.3. The molecular weight excluding hydrogens is 464 g/mol. The van der Waals surface area contributed by atoms with Crippen molar-refractivity contribution in [2.45, 2.75) is 13.8 Å². The standard InChI is InChI=1S/C24H19ClN2O5S/c1-3-31-20-12-15(7-9-19(20)32-24(30)21-5-4-10-33-21)11-17-22(28)26-27(23(17)29)16-8-6-14(2)18(25)13-16/h4-13H,3H2,1-2H3,(H,26,28). The van der Waals surface area contributed by atoms with E-state index in [2.05, 4.69) is 5.43 Å². The topological polar surface area (TPSA) is 84.9 Å². The number of halogens is 1. The van der Waals surface area contributed by atoms with Gasteiger partial charge in [0, 0.05) is 5.02 Å². The minimum absolute atomic E-state index is 0.0440. The lowest BCUT2D eigenvalue weighted by atomic mass is 10.1. The number of aryl methyl sites for hydroxylation is 1. The number of nitrogens with one attached hydrogen (secondary N) is 1. The van der Waals surface area contributed by atoms with Crippen LogP contribution in [0.1, 0.15) is 27.7 Å². The van der Waals surface area contributed by atoms with Crippen LogP contribution in [-0.2, 0) is 9.59 Å². The predicted molar refractivity (Wildman–Crippen MR) is 127 cm³/mol.